The van der Waals surface area contributed by atoms with E-state index < -0.39 is 0 Å². The molecule has 1 aromatic heterocycles. The molecule has 0 atom stereocenters. The van der Waals surface area contributed by atoms with Crippen molar-refractivity contribution in [3.63, 3.8) is 0 Å². The van der Waals surface area contributed by atoms with Crippen molar-refractivity contribution in [2.45, 2.75) is 13.8 Å². The van der Waals surface area contributed by atoms with Crippen LogP contribution in [0, 0.1) is 3.95 Å². The highest BCUT2D eigenvalue weighted by molar-refractivity contribution is 7.73. The van der Waals surface area contributed by atoms with Crippen LogP contribution in [-0.4, -0.2) is 23.7 Å². The van der Waals surface area contributed by atoms with E-state index in [9.17, 15) is 4.79 Å². The molecule has 0 bridgehead atoms. The number of ether oxygens (including phenoxy) is 2. The maximum absolute atomic E-state index is 12.7. The molecule has 0 aliphatic carbocycles. The number of rotatable bonds is 7. The van der Waals surface area contributed by atoms with Crippen molar-refractivity contribution in [1.82, 2.24) is 4.57 Å². The molecule has 2 aromatic carbocycles. The van der Waals surface area contributed by atoms with Crippen LogP contribution in [0.2, 0.25) is 0 Å². The van der Waals surface area contributed by atoms with Crippen molar-refractivity contribution in [1.29, 1.82) is 0 Å². The number of benzene rings is 2. The lowest BCUT2D eigenvalue weighted by molar-refractivity contribution is 0.103. The normalized spacial score (nSPS) is 10.5. The Labute approximate surface area is 172 Å². The van der Waals surface area contributed by atoms with E-state index in [0.29, 0.717) is 33.6 Å². The highest BCUT2D eigenvalue weighted by Gasteiger charge is 2.18. The van der Waals surface area contributed by atoms with Gasteiger partial charge >= 0.3 is 0 Å². The Morgan fingerprint density at radius 1 is 1.04 bits per heavy atom. The molecular weight excluding hydrogens is 394 g/mol. The van der Waals surface area contributed by atoms with Crippen molar-refractivity contribution in [3.8, 4) is 17.2 Å². The Balaban J connectivity index is 1.82. The average Bonchev–Trinajstić information content (AvgIpc) is 2.99. The number of thiazole rings is 1. The van der Waals surface area contributed by atoms with Gasteiger partial charge in [-0.1, -0.05) is 11.3 Å². The molecule has 0 unspecified atom stereocenters. The largest absolute Gasteiger partial charge is 0.494 e. The second-order valence-corrected chi connectivity index (χ2v) is 7.40. The number of hydrogen-bond acceptors (Lipinski definition) is 6. The van der Waals surface area contributed by atoms with Crippen molar-refractivity contribution >= 4 is 41.0 Å². The highest BCUT2D eigenvalue weighted by Crippen LogP contribution is 2.28. The van der Waals surface area contributed by atoms with Crippen LogP contribution in [0.3, 0.4) is 0 Å². The molecule has 0 aliphatic heterocycles. The first-order valence-corrected chi connectivity index (χ1v) is 10.0. The summed E-state index contributed by atoms with van der Waals surface area (Å²) in [6.07, 6.45) is 0. The van der Waals surface area contributed by atoms with Crippen LogP contribution in [0.25, 0.3) is 5.69 Å². The topological polar surface area (TPSA) is 78.5 Å². The number of nitrogens with one attached hydrogen (secondary N) is 1. The molecule has 0 saturated heterocycles. The van der Waals surface area contributed by atoms with Crippen LogP contribution in [0.5, 0.6) is 11.5 Å². The number of anilines is 2. The van der Waals surface area contributed by atoms with Gasteiger partial charge in [-0.3, -0.25) is 9.36 Å². The minimum Gasteiger partial charge on any atom is -0.494 e. The third kappa shape index (κ3) is 4.35. The molecule has 28 heavy (non-hydrogen) atoms. The third-order valence-corrected chi connectivity index (χ3v) is 5.27. The molecule has 0 fully saturated rings. The van der Waals surface area contributed by atoms with E-state index >= 15 is 0 Å². The Morgan fingerprint density at radius 2 is 1.57 bits per heavy atom. The van der Waals surface area contributed by atoms with Crippen LogP contribution in [-0.2, 0) is 0 Å². The molecule has 3 aromatic rings. The average molecular weight is 416 g/mol. The summed E-state index contributed by atoms with van der Waals surface area (Å²) in [5, 5.41) is 2.84. The fourth-order valence-corrected chi connectivity index (χ4v) is 3.90. The van der Waals surface area contributed by atoms with Gasteiger partial charge < -0.3 is 20.5 Å². The minimum absolute atomic E-state index is 0.303. The zero-order valence-corrected chi connectivity index (χ0v) is 17.2. The smallest absolute Gasteiger partial charge is 0.269 e. The lowest BCUT2D eigenvalue weighted by Crippen LogP contribution is -2.13. The van der Waals surface area contributed by atoms with Crippen LogP contribution in [0.4, 0.5) is 11.5 Å². The molecule has 146 valence electrons. The third-order valence-electron chi connectivity index (χ3n) is 3.88. The zero-order chi connectivity index (χ0) is 20.1. The number of carbonyl (C=O) groups excluding carboxylic acids is 1. The van der Waals surface area contributed by atoms with Gasteiger partial charge in [0.05, 0.1) is 13.2 Å². The van der Waals surface area contributed by atoms with Gasteiger partial charge in [0, 0.05) is 11.4 Å². The Morgan fingerprint density at radius 3 is 2.11 bits per heavy atom. The van der Waals surface area contributed by atoms with Crippen molar-refractivity contribution < 1.29 is 14.3 Å². The fourth-order valence-electron chi connectivity index (χ4n) is 2.64. The van der Waals surface area contributed by atoms with Gasteiger partial charge in [0.2, 0.25) is 0 Å². The number of hydrogen-bond donors (Lipinski definition) is 2. The zero-order valence-electron chi connectivity index (χ0n) is 15.6. The highest BCUT2D eigenvalue weighted by atomic mass is 32.1. The molecule has 3 N–H and O–H groups in total. The maximum atomic E-state index is 12.7. The second-order valence-electron chi connectivity index (χ2n) is 5.76. The standard InChI is InChI=1S/C20H21N3O3S2/c1-3-25-15-9-5-13(6-10-15)22-19(24)17-18(21)23(20(27)28-17)14-7-11-16(12-8-14)26-4-2/h5-12H,3-4,21H2,1-2H3,(H,22,24). The summed E-state index contributed by atoms with van der Waals surface area (Å²) in [7, 11) is 0. The van der Waals surface area contributed by atoms with E-state index in [2.05, 4.69) is 5.32 Å². The Bertz CT molecular complexity index is 1010. The molecule has 6 nitrogen and oxygen atoms in total. The number of aromatic nitrogens is 1. The number of nitrogens with two attached hydrogens (primary N) is 1. The van der Waals surface area contributed by atoms with E-state index in [-0.39, 0.29) is 5.91 Å². The first kappa shape index (κ1) is 19.9. The molecular formula is C20H21N3O3S2. The van der Waals surface area contributed by atoms with Crippen LogP contribution in [0.1, 0.15) is 23.5 Å². The van der Waals surface area contributed by atoms with E-state index in [0.717, 1.165) is 17.2 Å². The monoisotopic (exact) mass is 415 g/mol. The van der Waals surface area contributed by atoms with E-state index in [1.807, 2.05) is 38.1 Å². The van der Waals surface area contributed by atoms with Gasteiger partial charge in [0.15, 0.2) is 3.95 Å². The van der Waals surface area contributed by atoms with Gasteiger partial charge in [-0.15, -0.1) is 0 Å². The molecule has 3 rings (SSSR count). The predicted molar refractivity (Wildman–Crippen MR) is 116 cm³/mol. The number of carbonyl (C=O) groups is 1. The van der Waals surface area contributed by atoms with Gasteiger partial charge in [-0.2, -0.15) is 0 Å². The molecule has 0 saturated carbocycles. The Hall–Kier alpha value is -2.84. The first-order chi connectivity index (χ1) is 13.5. The maximum Gasteiger partial charge on any atom is 0.269 e. The molecule has 0 spiro atoms. The molecule has 1 amide bonds. The number of nitrogens with zero attached hydrogens (tertiary/aromatic N) is 1. The summed E-state index contributed by atoms with van der Waals surface area (Å²) < 4.78 is 13.0. The van der Waals surface area contributed by atoms with E-state index in [4.69, 9.17) is 27.4 Å². The minimum atomic E-state index is -0.303. The summed E-state index contributed by atoms with van der Waals surface area (Å²) in [4.78, 5) is 13.1. The summed E-state index contributed by atoms with van der Waals surface area (Å²) >= 11 is 6.60. The molecule has 1 heterocycles. The molecule has 0 aliphatic rings. The van der Waals surface area contributed by atoms with Crippen molar-refractivity contribution in [3.05, 3.63) is 57.4 Å². The molecule has 8 heteroatoms. The number of amides is 1. The van der Waals surface area contributed by atoms with E-state index in [1.54, 1.807) is 28.8 Å². The van der Waals surface area contributed by atoms with Crippen LogP contribution in [0.15, 0.2) is 48.5 Å². The van der Waals surface area contributed by atoms with Crippen molar-refractivity contribution in [2.75, 3.05) is 24.3 Å². The summed E-state index contributed by atoms with van der Waals surface area (Å²) in [5.74, 6) is 1.52. The molecule has 0 radical (unpaired) electrons. The van der Waals surface area contributed by atoms with E-state index in [1.165, 1.54) is 11.3 Å². The van der Waals surface area contributed by atoms with Crippen LogP contribution < -0.4 is 20.5 Å². The fraction of sp³-hybridized carbons (Fsp3) is 0.200. The van der Waals surface area contributed by atoms with Gasteiger partial charge in [0.1, 0.15) is 22.2 Å². The second kappa shape index (κ2) is 8.90. The lowest BCUT2D eigenvalue weighted by atomic mass is 10.3. The SMILES string of the molecule is CCOc1ccc(NC(=O)c2sc(=S)n(-c3ccc(OCC)cc3)c2N)cc1. The van der Waals surface area contributed by atoms with Gasteiger partial charge in [0.25, 0.3) is 5.91 Å². The quantitative estimate of drug-likeness (QED) is 0.537. The summed E-state index contributed by atoms with van der Waals surface area (Å²) in [6, 6.07) is 14.6. The Kier molecular flexibility index (Phi) is 6.33. The van der Waals surface area contributed by atoms with Gasteiger partial charge in [-0.25, -0.2) is 0 Å². The first-order valence-electron chi connectivity index (χ1n) is 8.82. The van der Waals surface area contributed by atoms with Crippen LogP contribution >= 0.6 is 23.6 Å². The lowest BCUT2D eigenvalue weighted by Gasteiger charge is -2.09. The van der Waals surface area contributed by atoms with Gasteiger partial charge in [-0.05, 0) is 74.6 Å². The summed E-state index contributed by atoms with van der Waals surface area (Å²) in [5.41, 5.74) is 7.68. The predicted octanol–water partition coefficient (Wildman–Crippen LogP) is 4.90. The summed E-state index contributed by atoms with van der Waals surface area (Å²) in [6.45, 7) is 5.03. The number of nitrogen functional groups attached to an aromatic ring is 1. The van der Waals surface area contributed by atoms with Crippen molar-refractivity contribution in [2.24, 2.45) is 0 Å².